The van der Waals surface area contributed by atoms with Crippen molar-refractivity contribution in [2.45, 2.75) is 0 Å². The van der Waals surface area contributed by atoms with Gasteiger partial charge >= 0.3 is 0 Å². The number of nitrogens with two attached hydrogens (primary N) is 1. The molecule has 0 bridgehead atoms. The summed E-state index contributed by atoms with van der Waals surface area (Å²) in [7, 11) is 0. The normalized spacial score (nSPS) is 10.9. The van der Waals surface area contributed by atoms with E-state index in [0.717, 1.165) is 24.8 Å². The number of nitrogens with zero attached hydrogens (tertiary/aromatic N) is 1. The minimum Gasteiger partial charge on any atom is -0.367 e. The lowest BCUT2D eigenvalue weighted by Crippen LogP contribution is -1.84. The van der Waals surface area contributed by atoms with Crippen molar-refractivity contribution in [1.29, 1.82) is 0 Å². The fraction of sp³-hybridized carbons (Fsp3) is 0. The van der Waals surface area contributed by atoms with Crippen LogP contribution in [-0.2, 0) is 0 Å². The zero-order valence-corrected chi connectivity index (χ0v) is 11.7. The SMILES string of the molecule is Nc1onc(-c2ccc(Br)s2)c1-c1cccs1. The van der Waals surface area contributed by atoms with E-state index >= 15 is 0 Å². The van der Waals surface area contributed by atoms with Crippen LogP contribution in [0, 0.1) is 0 Å². The van der Waals surface area contributed by atoms with Crippen LogP contribution in [0.25, 0.3) is 21.0 Å². The molecule has 0 spiro atoms. The molecule has 0 aliphatic heterocycles. The number of hydrogen-bond donors (Lipinski definition) is 1. The molecular formula is C11H7BrN2OS2. The van der Waals surface area contributed by atoms with Gasteiger partial charge in [0, 0.05) is 4.88 Å². The molecule has 3 nitrogen and oxygen atoms in total. The lowest BCUT2D eigenvalue weighted by Gasteiger charge is -1.96. The number of anilines is 1. The van der Waals surface area contributed by atoms with Gasteiger partial charge in [-0.05, 0) is 39.5 Å². The second-order valence-electron chi connectivity index (χ2n) is 3.35. The molecule has 3 aromatic heterocycles. The fourth-order valence-electron chi connectivity index (χ4n) is 1.57. The molecule has 3 rings (SSSR count). The van der Waals surface area contributed by atoms with Gasteiger partial charge in [0.05, 0.1) is 14.2 Å². The molecule has 0 saturated heterocycles. The average molecular weight is 327 g/mol. The van der Waals surface area contributed by atoms with Crippen molar-refractivity contribution in [1.82, 2.24) is 5.16 Å². The number of thiophene rings is 2. The number of nitrogen functional groups attached to an aromatic ring is 1. The van der Waals surface area contributed by atoms with Crippen molar-refractivity contribution in [2.24, 2.45) is 0 Å². The van der Waals surface area contributed by atoms with Gasteiger partial charge in [0.2, 0.25) is 5.88 Å². The quantitative estimate of drug-likeness (QED) is 0.755. The second-order valence-corrected chi connectivity index (χ2v) is 6.76. The maximum Gasteiger partial charge on any atom is 0.231 e. The lowest BCUT2D eigenvalue weighted by atomic mass is 10.2. The van der Waals surface area contributed by atoms with Gasteiger partial charge in [-0.2, -0.15) is 0 Å². The van der Waals surface area contributed by atoms with Crippen molar-refractivity contribution in [2.75, 3.05) is 5.73 Å². The Bertz CT molecular complexity index is 642. The summed E-state index contributed by atoms with van der Waals surface area (Å²) in [5.74, 6) is 0.368. The maximum atomic E-state index is 5.85. The third-order valence-corrected chi connectivity index (χ3v) is 4.81. The van der Waals surface area contributed by atoms with E-state index in [4.69, 9.17) is 10.3 Å². The third kappa shape index (κ3) is 1.92. The summed E-state index contributed by atoms with van der Waals surface area (Å²) in [6, 6.07) is 7.99. The Morgan fingerprint density at radius 3 is 2.76 bits per heavy atom. The largest absolute Gasteiger partial charge is 0.367 e. The molecule has 3 aromatic rings. The van der Waals surface area contributed by atoms with Crippen LogP contribution in [0.5, 0.6) is 0 Å². The van der Waals surface area contributed by atoms with E-state index in [0.29, 0.717) is 5.88 Å². The van der Waals surface area contributed by atoms with E-state index in [-0.39, 0.29) is 0 Å². The van der Waals surface area contributed by atoms with Gasteiger partial charge in [0.15, 0.2) is 0 Å². The van der Waals surface area contributed by atoms with E-state index in [1.54, 1.807) is 22.7 Å². The monoisotopic (exact) mass is 326 g/mol. The Balaban J connectivity index is 2.19. The highest BCUT2D eigenvalue weighted by Gasteiger charge is 2.19. The van der Waals surface area contributed by atoms with Crippen LogP contribution in [0.15, 0.2) is 38.0 Å². The summed E-state index contributed by atoms with van der Waals surface area (Å²) in [4.78, 5) is 2.11. The predicted molar refractivity (Wildman–Crippen MR) is 75.2 cm³/mol. The number of halogens is 1. The molecule has 0 unspecified atom stereocenters. The van der Waals surface area contributed by atoms with E-state index < -0.39 is 0 Å². The van der Waals surface area contributed by atoms with Gasteiger partial charge in [-0.1, -0.05) is 11.2 Å². The van der Waals surface area contributed by atoms with Gasteiger partial charge in [-0.15, -0.1) is 22.7 Å². The average Bonchev–Trinajstić information content (AvgIpc) is 2.97. The highest BCUT2D eigenvalue weighted by molar-refractivity contribution is 9.11. The van der Waals surface area contributed by atoms with Crippen LogP contribution < -0.4 is 5.73 Å². The molecule has 0 aliphatic carbocycles. The van der Waals surface area contributed by atoms with E-state index in [1.165, 1.54) is 0 Å². The van der Waals surface area contributed by atoms with E-state index in [9.17, 15) is 0 Å². The van der Waals surface area contributed by atoms with E-state index in [2.05, 4.69) is 21.1 Å². The summed E-state index contributed by atoms with van der Waals surface area (Å²) in [6.45, 7) is 0. The molecule has 0 fully saturated rings. The summed E-state index contributed by atoms with van der Waals surface area (Å²) in [5, 5.41) is 6.06. The van der Waals surface area contributed by atoms with Crippen molar-refractivity contribution in [3.63, 3.8) is 0 Å². The molecule has 17 heavy (non-hydrogen) atoms. The van der Waals surface area contributed by atoms with Crippen LogP contribution in [0.1, 0.15) is 0 Å². The van der Waals surface area contributed by atoms with Crippen molar-refractivity contribution in [3.05, 3.63) is 33.4 Å². The van der Waals surface area contributed by atoms with Gasteiger partial charge in [0.25, 0.3) is 0 Å². The molecule has 3 heterocycles. The number of rotatable bonds is 2. The fourth-order valence-corrected chi connectivity index (χ4v) is 3.72. The molecule has 0 atom stereocenters. The first-order valence-electron chi connectivity index (χ1n) is 4.80. The molecule has 0 radical (unpaired) electrons. The highest BCUT2D eigenvalue weighted by Crippen LogP contribution is 2.41. The molecule has 2 N–H and O–H groups in total. The van der Waals surface area contributed by atoms with Crippen LogP contribution in [0.3, 0.4) is 0 Å². The van der Waals surface area contributed by atoms with E-state index in [1.807, 2.05) is 29.6 Å². The number of aromatic nitrogens is 1. The van der Waals surface area contributed by atoms with Crippen LogP contribution in [0.2, 0.25) is 0 Å². The van der Waals surface area contributed by atoms with Crippen LogP contribution in [0.4, 0.5) is 5.88 Å². The second kappa shape index (κ2) is 4.29. The molecule has 86 valence electrons. The first-order valence-corrected chi connectivity index (χ1v) is 7.29. The Morgan fingerprint density at radius 1 is 1.24 bits per heavy atom. The van der Waals surface area contributed by atoms with Crippen molar-refractivity contribution in [3.8, 4) is 21.0 Å². The molecule has 0 aliphatic rings. The standard InChI is InChI=1S/C11H7BrN2OS2/c12-8-4-3-7(17-8)10-9(11(13)15-14-10)6-2-1-5-16-6/h1-5H,13H2. The minimum atomic E-state index is 0.368. The van der Waals surface area contributed by atoms with Gasteiger partial charge in [-0.25, -0.2) is 0 Å². The first-order chi connectivity index (χ1) is 8.25. The summed E-state index contributed by atoms with van der Waals surface area (Å²) in [6.07, 6.45) is 0. The summed E-state index contributed by atoms with van der Waals surface area (Å²) < 4.78 is 6.17. The Hall–Kier alpha value is -1.11. The maximum absolute atomic E-state index is 5.85. The predicted octanol–water partition coefficient (Wildman–Crippen LogP) is 4.48. The van der Waals surface area contributed by atoms with Gasteiger partial charge in [0.1, 0.15) is 5.69 Å². The van der Waals surface area contributed by atoms with Gasteiger partial charge < -0.3 is 10.3 Å². The molecule has 6 heteroatoms. The Kier molecular flexibility index (Phi) is 2.78. The highest BCUT2D eigenvalue weighted by atomic mass is 79.9. The molecule has 0 aromatic carbocycles. The summed E-state index contributed by atoms with van der Waals surface area (Å²) >= 11 is 6.67. The smallest absolute Gasteiger partial charge is 0.231 e. The molecule has 0 amide bonds. The van der Waals surface area contributed by atoms with Crippen molar-refractivity contribution < 1.29 is 4.52 Å². The molecular weight excluding hydrogens is 320 g/mol. The van der Waals surface area contributed by atoms with Gasteiger partial charge in [-0.3, -0.25) is 0 Å². The summed E-state index contributed by atoms with van der Waals surface area (Å²) in [5.41, 5.74) is 7.54. The van der Waals surface area contributed by atoms with Crippen molar-refractivity contribution >= 4 is 44.5 Å². The Labute approximate surface area is 114 Å². The zero-order chi connectivity index (χ0) is 11.8. The van der Waals surface area contributed by atoms with Crippen LogP contribution in [-0.4, -0.2) is 5.16 Å². The number of hydrogen-bond acceptors (Lipinski definition) is 5. The third-order valence-electron chi connectivity index (χ3n) is 2.29. The lowest BCUT2D eigenvalue weighted by molar-refractivity contribution is 0.439. The minimum absolute atomic E-state index is 0.368. The van der Waals surface area contributed by atoms with Crippen LogP contribution >= 0.6 is 38.6 Å². The Morgan fingerprint density at radius 2 is 2.12 bits per heavy atom. The zero-order valence-electron chi connectivity index (χ0n) is 8.51. The first kappa shape index (κ1) is 11.0. The molecule has 0 saturated carbocycles. The topological polar surface area (TPSA) is 52.0 Å².